The Hall–Kier alpha value is -4.18. The average molecular weight is 562 g/mol. The van der Waals surface area contributed by atoms with Gasteiger partial charge in [-0.15, -0.1) is 0 Å². The van der Waals surface area contributed by atoms with Gasteiger partial charge in [0.15, 0.2) is 0 Å². The largest absolute Gasteiger partial charge is 0.444 e. The molecule has 0 saturated heterocycles. The number of fused-ring (bicyclic) bond motifs is 1. The van der Waals surface area contributed by atoms with Gasteiger partial charge in [0.25, 0.3) is 5.91 Å². The molecule has 208 valence electrons. The summed E-state index contributed by atoms with van der Waals surface area (Å²) in [7, 11) is 0. The Labute approximate surface area is 237 Å². The van der Waals surface area contributed by atoms with Gasteiger partial charge in [-0.25, -0.2) is 19.3 Å². The van der Waals surface area contributed by atoms with E-state index in [1.807, 2.05) is 24.4 Å². The maximum atomic E-state index is 12.9. The predicted octanol–water partition coefficient (Wildman–Crippen LogP) is 5.94. The molecule has 3 aromatic heterocycles. The van der Waals surface area contributed by atoms with E-state index in [0.717, 1.165) is 36.8 Å². The van der Waals surface area contributed by atoms with Gasteiger partial charge in [0, 0.05) is 35.1 Å². The predicted molar refractivity (Wildman–Crippen MR) is 155 cm³/mol. The van der Waals surface area contributed by atoms with E-state index < -0.39 is 11.7 Å². The van der Waals surface area contributed by atoms with Crippen LogP contribution in [0.2, 0.25) is 5.02 Å². The third kappa shape index (κ3) is 6.69. The molecule has 1 aliphatic carbocycles. The minimum Gasteiger partial charge on any atom is -0.444 e. The number of ether oxygens (including phenoxy) is 1. The highest BCUT2D eigenvalue weighted by atomic mass is 35.5. The van der Waals surface area contributed by atoms with Crippen molar-refractivity contribution in [3.8, 4) is 11.3 Å². The number of amides is 2. The smallest absolute Gasteiger partial charge is 0.412 e. The minimum atomic E-state index is -0.590. The van der Waals surface area contributed by atoms with Crippen molar-refractivity contribution in [2.24, 2.45) is 0 Å². The minimum absolute atomic E-state index is 0.00435. The first kappa shape index (κ1) is 27.4. The maximum absolute atomic E-state index is 12.9. The highest BCUT2D eigenvalue weighted by Crippen LogP contribution is 2.30. The number of pyridine rings is 1. The SMILES string of the molecule is CC(C)(C)OC(=O)Nc1ccc(C(=O)N[C@H]2CCC[C@@H](Nc3ncc(Cl)c(-c4cnn5ccccc45)n3)C2)cc1. The Morgan fingerprint density at radius 3 is 2.60 bits per heavy atom. The molecule has 11 heteroatoms. The Balaban J connectivity index is 1.19. The molecule has 3 heterocycles. The van der Waals surface area contributed by atoms with Gasteiger partial charge in [0.05, 0.1) is 28.6 Å². The lowest BCUT2D eigenvalue weighted by Gasteiger charge is -2.30. The van der Waals surface area contributed by atoms with Crippen molar-refractivity contribution < 1.29 is 14.3 Å². The van der Waals surface area contributed by atoms with E-state index in [9.17, 15) is 9.59 Å². The molecule has 2 amide bonds. The van der Waals surface area contributed by atoms with Crippen molar-refractivity contribution in [2.45, 2.75) is 64.1 Å². The van der Waals surface area contributed by atoms with Gasteiger partial charge < -0.3 is 15.4 Å². The fourth-order valence-corrected chi connectivity index (χ4v) is 4.97. The standard InChI is InChI=1S/C29H32ClN7O3/c1-29(2,3)40-28(39)35-19-12-10-18(11-13-19)26(38)33-20-7-6-8-21(15-20)34-27-31-17-23(30)25(36-27)22-16-32-37-14-5-4-9-24(22)37/h4-5,9-14,16-17,20-21H,6-8,15H2,1-3H3,(H,33,38)(H,35,39)(H,31,34,36)/t20-,21+/m0/s1. The van der Waals surface area contributed by atoms with Gasteiger partial charge in [0.2, 0.25) is 5.95 Å². The lowest BCUT2D eigenvalue weighted by Crippen LogP contribution is -2.42. The number of nitrogens with zero attached hydrogens (tertiary/aromatic N) is 4. The highest BCUT2D eigenvalue weighted by molar-refractivity contribution is 6.33. The van der Waals surface area contributed by atoms with Crippen molar-refractivity contribution in [1.82, 2.24) is 24.9 Å². The number of hydrogen-bond acceptors (Lipinski definition) is 7. The lowest BCUT2D eigenvalue weighted by molar-refractivity contribution is 0.0635. The zero-order valence-corrected chi connectivity index (χ0v) is 23.4. The number of anilines is 2. The molecule has 40 heavy (non-hydrogen) atoms. The summed E-state index contributed by atoms with van der Waals surface area (Å²) in [5, 5.41) is 14.1. The first-order valence-electron chi connectivity index (χ1n) is 13.3. The van der Waals surface area contributed by atoms with E-state index in [0.29, 0.717) is 27.9 Å². The van der Waals surface area contributed by atoms with Crippen LogP contribution in [0.25, 0.3) is 16.8 Å². The van der Waals surface area contributed by atoms with Gasteiger partial charge in [-0.3, -0.25) is 10.1 Å². The topological polar surface area (TPSA) is 123 Å². The molecule has 0 radical (unpaired) electrons. The van der Waals surface area contributed by atoms with Gasteiger partial charge in [-0.1, -0.05) is 17.7 Å². The first-order chi connectivity index (χ1) is 19.1. The fraction of sp³-hybridized carbons (Fsp3) is 0.345. The summed E-state index contributed by atoms with van der Waals surface area (Å²) in [6.07, 6.45) is 8.20. The van der Waals surface area contributed by atoms with Crippen molar-refractivity contribution in [3.63, 3.8) is 0 Å². The van der Waals surface area contributed by atoms with Crippen LogP contribution in [0.15, 0.2) is 61.1 Å². The zero-order valence-electron chi connectivity index (χ0n) is 22.6. The van der Waals surface area contributed by atoms with E-state index in [4.69, 9.17) is 21.3 Å². The second-order valence-electron chi connectivity index (χ2n) is 10.9. The molecule has 1 aliphatic rings. The Kier molecular flexibility index (Phi) is 7.88. The number of nitrogens with one attached hydrogen (secondary N) is 3. The van der Waals surface area contributed by atoms with Crippen LogP contribution < -0.4 is 16.0 Å². The lowest BCUT2D eigenvalue weighted by atomic mass is 9.91. The summed E-state index contributed by atoms with van der Waals surface area (Å²) >= 11 is 6.47. The number of carbonyl (C=O) groups is 2. The molecular formula is C29H32ClN7O3. The number of aromatic nitrogens is 4. The van der Waals surface area contributed by atoms with Gasteiger partial charge in [-0.2, -0.15) is 5.10 Å². The van der Waals surface area contributed by atoms with Crippen molar-refractivity contribution >= 4 is 40.8 Å². The average Bonchev–Trinajstić information content (AvgIpc) is 3.33. The van der Waals surface area contributed by atoms with Crippen LogP contribution in [0.4, 0.5) is 16.4 Å². The molecule has 4 aromatic rings. The number of hydrogen-bond donors (Lipinski definition) is 3. The van der Waals surface area contributed by atoms with Crippen LogP contribution in [-0.4, -0.2) is 49.3 Å². The molecule has 0 unspecified atom stereocenters. The van der Waals surface area contributed by atoms with Crippen LogP contribution in [0.1, 0.15) is 56.8 Å². The van der Waals surface area contributed by atoms with Crippen molar-refractivity contribution in [2.75, 3.05) is 10.6 Å². The fourth-order valence-electron chi connectivity index (χ4n) is 4.77. The van der Waals surface area contributed by atoms with Crippen LogP contribution in [-0.2, 0) is 4.74 Å². The van der Waals surface area contributed by atoms with Crippen LogP contribution in [0, 0.1) is 0 Å². The summed E-state index contributed by atoms with van der Waals surface area (Å²) in [6, 6.07) is 12.7. The van der Waals surface area contributed by atoms with Gasteiger partial charge in [0.1, 0.15) is 5.60 Å². The van der Waals surface area contributed by atoms with Crippen molar-refractivity contribution in [1.29, 1.82) is 0 Å². The second-order valence-corrected chi connectivity index (χ2v) is 11.3. The molecule has 2 atom stereocenters. The number of halogens is 1. The van der Waals surface area contributed by atoms with Gasteiger partial charge in [-0.05, 0) is 82.9 Å². The summed E-state index contributed by atoms with van der Waals surface area (Å²) in [6.45, 7) is 5.40. The molecule has 0 spiro atoms. The van der Waals surface area contributed by atoms with Crippen LogP contribution >= 0.6 is 11.6 Å². The molecular weight excluding hydrogens is 530 g/mol. The van der Waals surface area contributed by atoms with E-state index in [1.165, 1.54) is 0 Å². The summed E-state index contributed by atoms with van der Waals surface area (Å²) in [4.78, 5) is 34.0. The van der Waals surface area contributed by atoms with E-state index >= 15 is 0 Å². The molecule has 0 bridgehead atoms. The van der Waals surface area contributed by atoms with E-state index in [2.05, 4.69) is 26.0 Å². The first-order valence-corrected chi connectivity index (χ1v) is 13.7. The second kappa shape index (κ2) is 11.5. The monoisotopic (exact) mass is 561 g/mol. The van der Waals surface area contributed by atoms with Crippen LogP contribution in [0.5, 0.6) is 0 Å². The summed E-state index contributed by atoms with van der Waals surface area (Å²) in [5.74, 6) is 0.326. The van der Waals surface area contributed by atoms with E-state index in [1.54, 1.807) is 61.9 Å². The molecule has 1 fully saturated rings. The summed E-state index contributed by atoms with van der Waals surface area (Å²) in [5.41, 5.74) is 2.84. The Bertz CT molecular complexity index is 1510. The molecule has 5 rings (SSSR count). The zero-order chi connectivity index (χ0) is 28.3. The Morgan fingerprint density at radius 2 is 1.82 bits per heavy atom. The summed E-state index contributed by atoms with van der Waals surface area (Å²) < 4.78 is 7.04. The maximum Gasteiger partial charge on any atom is 0.412 e. The third-order valence-corrected chi connectivity index (χ3v) is 6.84. The normalized spacial score (nSPS) is 17.3. The van der Waals surface area contributed by atoms with Crippen molar-refractivity contribution in [3.05, 3.63) is 71.6 Å². The quantitative estimate of drug-likeness (QED) is 0.266. The van der Waals surface area contributed by atoms with Crippen LogP contribution in [0.3, 0.4) is 0 Å². The number of rotatable bonds is 6. The third-order valence-electron chi connectivity index (χ3n) is 6.56. The molecule has 0 aliphatic heterocycles. The van der Waals surface area contributed by atoms with Gasteiger partial charge >= 0.3 is 6.09 Å². The molecule has 1 aromatic carbocycles. The molecule has 3 N–H and O–H groups in total. The molecule has 1 saturated carbocycles. The Morgan fingerprint density at radius 1 is 1.05 bits per heavy atom. The number of carbonyl (C=O) groups excluding carboxylic acids is 2. The van der Waals surface area contributed by atoms with E-state index in [-0.39, 0.29) is 18.0 Å². The molecule has 10 nitrogen and oxygen atoms in total. The highest BCUT2D eigenvalue weighted by Gasteiger charge is 2.25. The number of benzene rings is 1.